The van der Waals surface area contributed by atoms with Gasteiger partial charge in [0.05, 0.1) is 15.6 Å². The van der Waals surface area contributed by atoms with Crippen molar-refractivity contribution in [3.05, 3.63) is 80.9 Å². The van der Waals surface area contributed by atoms with E-state index in [0.29, 0.717) is 37.2 Å². The van der Waals surface area contributed by atoms with E-state index in [-0.39, 0.29) is 5.91 Å². The van der Waals surface area contributed by atoms with Crippen molar-refractivity contribution >= 4 is 57.8 Å². The van der Waals surface area contributed by atoms with Crippen molar-refractivity contribution in [2.24, 2.45) is 4.99 Å². The molecule has 4 rings (SSSR count). The van der Waals surface area contributed by atoms with Crippen molar-refractivity contribution in [2.75, 3.05) is 0 Å². The Morgan fingerprint density at radius 1 is 1.10 bits per heavy atom. The lowest BCUT2D eigenvalue weighted by Crippen LogP contribution is -2.19. The molecule has 2 heterocycles. The van der Waals surface area contributed by atoms with Crippen LogP contribution in [-0.2, 0) is 11.2 Å². The summed E-state index contributed by atoms with van der Waals surface area (Å²) in [7, 11) is 0. The van der Waals surface area contributed by atoms with Crippen molar-refractivity contribution in [1.29, 1.82) is 0 Å². The first-order chi connectivity index (χ1) is 14.0. The van der Waals surface area contributed by atoms with E-state index in [1.54, 1.807) is 36.4 Å². The second-order valence-electron chi connectivity index (χ2n) is 6.33. The van der Waals surface area contributed by atoms with Gasteiger partial charge >= 0.3 is 0 Å². The number of halogens is 2. The van der Waals surface area contributed by atoms with Gasteiger partial charge in [0.15, 0.2) is 5.17 Å². The van der Waals surface area contributed by atoms with Gasteiger partial charge in [0.25, 0.3) is 5.91 Å². The van der Waals surface area contributed by atoms with Gasteiger partial charge in [-0.15, -0.1) is 0 Å². The number of aliphatic imine (C=N–C) groups is 1. The maximum absolute atomic E-state index is 12.3. The van der Waals surface area contributed by atoms with Crippen LogP contribution in [0, 0.1) is 0 Å². The van der Waals surface area contributed by atoms with Crippen molar-refractivity contribution in [3.8, 4) is 11.3 Å². The number of hydrogen-bond donors (Lipinski definition) is 1. The normalized spacial score (nSPS) is 16.6. The molecule has 0 unspecified atom stereocenters. The average Bonchev–Trinajstić information content (AvgIpc) is 3.31. The second kappa shape index (κ2) is 8.49. The average molecular weight is 443 g/mol. The lowest BCUT2D eigenvalue weighted by molar-refractivity contribution is -0.115. The monoisotopic (exact) mass is 442 g/mol. The summed E-state index contributed by atoms with van der Waals surface area (Å²) in [5.74, 6) is 0.914. The number of nitrogens with zero attached hydrogens (tertiary/aromatic N) is 1. The Morgan fingerprint density at radius 3 is 2.66 bits per heavy atom. The Balaban J connectivity index is 1.54. The number of carbonyl (C=O) groups is 1. The number of amidine groups is 1. The van der Waals surface area contributed by atoms with Crippen LogP contribution in [0.15, 0.2) is 68.9 Å². The van der Waals surface area contributed by atoms with Gasteiger partial charge < -0.3 is 9.73 Å². The number of hydrogen-bond acceptors (Lipinski definition) is 4. The molecule has 29 heavy (non-hydrogen) atoms. The third kappa shape index (κ3) is 4.58. The fraction of sp³-hybridized carbons (Fsp3) is 0.0909. The van der Waals surface area contributed by atoms with E-state index >= 15 is 0 Å². The number of aryl methyl sites for hydroxylation is 1. The van der Waals surface area contributed by atoms with Crippen LogP contribution in [0.3, 0.4) is 0 Å². The second-order valence-corrected chi connectivity index (χ2v) is 8.20. The molecule has 7 heteroatoms. The molecule has 1 aromatic heterocycles. The number of carbonyl (C=O) groups excluding carboxylic acids is 1. The van der Waals surface area contributed by atoms with Crippen molar-refractivity contribution in [2.45, 2.75) is 13.3 Å². The van der Waals surface area contributed by atoms with Crippen molar-refractivity contribution < 1.29 is 9.21 Å². The molecule has 1 aliphatic heterocycles. The van der Waals surface area contributed by atoms with E-state index < -0.39 is 0 Å². The Kier molecular flexibility index (Phi) is 5.81. The quantitative estimate of drug-likeness (QED) is 0.456. The summed E-state index contributed by atoms with van der Waals surface area (Å²) < 4.78 is 5.84. The number of nitrogens with one attached hydrogen (secondary N) is 1. The molecule has 1 saturated heterocycles. The molecule has 3 aromatic rings. The fourth-order valence-electron chi connectivity index (χ4n) is 2.79. The van der Waals surface area contributed by atoms with Crippen LogP contribution < -0.4 is 5.32 Å². The smallest absolute Gasteiger partial charge is 0.264 e. The molecular formula is C22H16Cl2N2O2S. The van der Waals surface area contributed by atoms with Gasteiger partial charge in [-0.25, -0.2) is 4.99 Å². The number of rotatable bonds is 4. The number of furan rings is 1. The van der Waals surface area contributed by atoms with Gasteiger partial charge in [0, 0.05) is 16.7 Å². The Hall–Kier alpha value is -2.47. The van der Waals surface area contributed by atoms with Gasteiger partial charge in [-0.1, -0.05) is 42.3 Å². The van der Waals surface area contributed by atoms with Crippen LogP contribution in [0.5, 0.6) is 0 Å². The van der Waals surface area contributed by atoms with Gasteiger partial charge in [-0.2, -0.15) is 0 Å². The highest BCUT2D eigenvalue weighted by atomic mass is 35.5. The predicted octanol–water partition coefficient (Wildman–Crippen LogP) is 6.71. The molecule has 4 nitrogen and oxygen atoms in total. The largest absolute Gasteiger partial charge is 0.457 e. The molecule has 1 fully saturated rings. The van der Waals surface area contributed by atoms with Crippen LogP contribution in [0.25, 0.3) is 17.4 Å². The lowest BCUT2D eigenvalue weighted by Gasteiger charge is -2.01. The minimum atomic E-state index is -0.210. The molecule has 146 valence electrons. The van der Waals surface area contributed by atoms with Gasteiger partial charge in [0.2, 0.25) is 0 Å². The molecule has 1 amide bonds. The Bertz CT molecular complexity index is 1130. The zero-order chi connectivity index (χ0) is 20.4. The van der Waals surface area contributed by atoms with E-state index in [4.69, 9.17) is 27.6 Å². The van der Waals surface area contributed by atoms with Crippen LogP contribution in [0.2, 0.25) is 10.0 Å². The molecular weight excluding hydrogens is 427 g/mol. The van der Waals surface area contributed by atoms with Crippen LogP contribution in [0.4, 0.5) is 5.69 Å². The molecule has 0 atom stereocenters. The molecule has 0 radical (unpaired) electrons. The minimum Gasteiger partial charge on any atom is -0.457 e. The predicted molar refractivity (Wildman–Crippen MR) is 121 cm³/mol. The van der Waals surface area contributed by atoms with Crippen LogP contribution >= 0.6 is 35.0 Å². The first kappa shape index (κ1) is 19.8. The van der Waals surface area contributed by atoms with Crippen molar-refractivity contribution in [3.63, 3.8) is 0 Å². The van der Waals surface area contributed by atoms with Crippen molar-refractivity contribution in [1.82, 2.24) is 5.32 Å². The number of thioether (sulfide) groups is 1. The van der Waals surface area contributed by atoms with E-state index in [9.17, 15) is 4.79 Å². The molecule has 1 N–H and O–H groups in total. The Morgan fingerprint density at radius 2 is 1.90 bits per heavy atom. The summed E-state index contributed by atoms with van der Waals surface area (Å²) in [6.45, 7) is 2.10. The van der Waals surface area contributed by atoms with E-state index in [1.807, 2.05) is 24.3 Å². The van der Waals surface area contributed by atoms with E-state index in [0.717, 1.165) is 12.1 Å². The summed E-state index contributed by atoms with van der Waals surface area (Å²) in [5.41, 5.74) is 2.73. The first-order valence-electron chi connectivity index (χ1n) is 8.95. The van der Waals surface area contributed by atoms with Gasteiger partial charge in [-0.3, -0.25) is 4.79 Å². The standard InChI is InChI=1S/C22H16Cl2N2O2S/c1-2-13-3-6-15(7-4-13)25-22-26-21(27)20(29-22)12-16-8-10-19(28-16)17-11-14(23)5-9-18(17)24/h3-12H,2H2,1H3,(H,25,26,27). The van der Waals surface area contributed by atoms with E-state index in [2.05, 4.69) is 17.2 Å². The molecule has 0 spiro atoms. The number of amides is 1. The highest BCUT2D eigenvalue weighted by molar-refractivity contribution is 8.18. The molecule has 1 aliphatic rings. The Labute approximate surface area is 182 Å². The summed E-state index contributed by atoms with van der Waals surface area (Å²) in [6.07, 6.45) is 2.66. The van der Waals surface area contributed by atoms with Crippen LogP contribution in [-0.4, -0.2) is 11.1 Å². The zero-order valence-corrected chi connectivity index (χ0v) is 17.7. The number of benzene rings is 2. The van der Waals surface area contributed by atoms with E-state index in [1.165, 1.54) is 17.3 Å². The minimum absolute atomic E-state index is 0.210. The summed E-state index contributed by atoms with van der Waals surface area (Å²) >= 11 is 13.6. The summed E-state index contributed by atoms with van der Waals surface area (Å²) in [6, 6.07) is 16.7. The summed E-state index contributed by atoms with van der Waals surface area (Å²) in [5, 5.41) is 4.43. The molecule has 2 aromatic carbocycles. The highest BCUT2D eigenvalue weighted by Gasteiger charge is 2.24. The molecule has 0 aliphatic carbocycles. The third-order valence-corrected chi connectivity index (χ3v) is 5.79. The summed E-state index contributed by atoms with van der Waals surface area (Å²) in [4.78, 5) is 17.3. The fourth-order valence-corrected chi connectivity index (χ4v) is 4.00. The first-order valence-corrected chi connectivity index (χ1v) is 10.5. The molecule has 0 saturated carbocycles. The van der Waals surface area contributed by atoms with Gasteiger partial charge in [-0.05, 0) is 66.2 Å². The van der Waals surface area contributed by atoms with Crippen LogP contribution in [0.1, 0.15) is 18.2 Å². The lowest BCUT2D eigenvalue weighted by atomic mass is 10.2. The molecule has 0 bridgehead atoms. The third-order valence-electron chi connectivity index (χ3n) is 4.32. The maximum Gasteiger partial charge on any atom is 0.264 e. The zero-order valence-electron chi connectivity index (χ0n) is 15.4. The SMILES string of the molecule is CCc1ccc(N=C2NC(=O)C(=Cc3ccc(-c4cc(Cl)ccc4Cl)o3)S2)cc1. The topological polar surface area (TPSA) is 54.6 Å². The maximum atomic E-state index is 12.3. The highest BCUT2D eigenvalue weighted by Crippen LogP contribution is 2.34. The van der Waals surface area contributed by atoms with Gasteiger partial charge in [0.1, 0.15) is 11.5 Å².